The number of carbonyl (C=O) groups is 1. The number of sulfonamides is 1. The Kier molecular flexibility index (Phi) is 7.48. The molecule has 150 valence electrons. The highest BCUT2D eigenvalue weighted by Crippen LogP contribution is 2.27. The molecule has 0 aromatic heterocycles. The SMILES string of the molecule is CC[C@@H](C(=O)NCCC1=CCCCC1)N(c1cc(C)ccc1C)S(C)(=O)=O. The normalized spacial score (nSPS) is 15.8. The van der Waals surface area contributed by atoms with Gasteiger partial charge in [0.2, 0.25) is 15.9 Å². The van der Waals surface area contributed by atoms with Crippen LogP contribution in [-0.4, -0.2) is 33.2 Å². The summed E-state index contributed by atoms with van der Waals surface area (Å²) >= 11 is 0. The van der Waals surface area contributed by atoms with Crippen molar-refractivity contribution in [2.75, 3.05) is 17.1 Å². The van der Waals surface area contributed by atoms with Crippen molar-refractivity contribution in [3.05, 3.63) is 41.0 Å². The van der Waals surface area contributed by atoms with Gasteiger partial charge < -0.3 is 5.32 Å². The fraction of sp³-hybridized carbons (Fsp3) is 0.571. The van der Waals surface area contributed by atoms with Crippen LogP contribution in [-0.2, 0) is 14.8 Å². The number of benzene rings is 1. The highest BCUT2D eigenvalue weighted by Gasteiger charge is 2.32. The predicted molar refractivity (Wildman–Crippen MR) is 111 cm³/mol. The zero-order chi connectivity index (χ0) is 20.0. The zero-order valence-electron chi connectivity index (χ0n) is 16.9. The van der Waals surface area contributed by atoms with Crippen LogP contribution in [0.2, 0.25) is 0 Å². The summed E-state index contributed by atoms with van der Waals surface area (Å²) in [4.78, 5) is 12.8. The van der Waals surface area contributed by atoms with Crippen molar-refractivity contribution in [3.63, 3.8) is 0 Å². The lowest BCUT2D eigenvalue weighted by atomic mass is 9.97. The molecule has 0 heterocycles. The lowest BCUT2D eigenvalue weighted by Crippen LogP contribution is -2.49. The Hall–Kier alpha value is -1.82. The molecule has 1 aliphatic rings. The van der Waals surface area contributed by atoms with Crippen molar-refractivity contribution >= 4 is 21.6 Å². The fourth-order valence-corrected chi connectivity index (χ4v) is 4.85. The predicted octanol–water partition coefficient (Wildman–Crippen LogP) is 3.85. The van der Waals surface area contributed by atoms with Gasteiger partial charge in [0.15, 0.2) is 0 Å². The summed E-state index contributed by atoms with van der Waals surface area (Å²) in [5, 5.41) is 2.95. The van der Waals surface area contributed by atoms with E-state index in [1.807, 2.05) is 39.0 Å². The third kappa shape index (κ3) is 5.83. The average Bonchev–Trinajstić information content (AvgIpc) is 2.61. The molecule has 2 rings (SSSR count). The smallest absolute Gasteiger partial charge is 0.243 e. The second-order valence-electron chi connectivity index (χ2n) is 7.42. The van der Waals surface area contributed by atoms with Gasteiger partial charge in [-0.2, -0.15) is 0 Å². The van der Waals surface area contributed by atoms with Crippen molar-refractivity contribution in [1.29, 1.82) is 0 Å². The molecular formula is C21H32N2O3S. The highest BCUT2D eigenvalue weighted by atomic mass is 32.2. The third-order valence-corrected chi connectivity index (χ3v) is 6.23. The molecule has 5 nitrogen and oxygen atoms in total. The molecule has 0 radical (unpaired) electrons. The van der Waals surface area contributed by atoms with Gasteiger partial charge in [0, 0.05) is 6.54 Å². The van der Waals surface area contributed by atoms with E-state index < -0.39 is 16.1 Å². The van der Waals surface area contributed by atoms with Crippen LogP contribution >= 0.6 is 0 Å². The van der Waals surface area contributed by atoms with Gasteiger partial charge in [-0.1, -0.05) is 30.7 Å². The van der Waals surface area contributed by atoms with E-state index in [-0.39, 0.29) is 5.91 Å². The first-order valence-electron chi connectivity index (χ1n) is 9.76. The lowest BCUT2D eigenvalue weighted by Gasteiger charge is -2.31. The van der Waals surface area contributed by atoms with Crippen molar-refractivity contribution in [2.45, 2.75) is 65.3 Å². The van der Waals surface area contributed by atoms with Gasteiger partial charge >= 0.3 is 0 Å². The fourth-order valence-electron chi connectivity index (χ4n) is 3.59. The Labute approximate surface area is 163 Å². The van der Waals surface area contributed by atoms with Gasteiger partial charge in [-0.25, -0.2) is 8.42 Å². The standard InChI is InChI=1S/C21H32N2O3S/c1-5-19(21(24)22-14-13-18-9-7-6-8-10-18)23(27(4,25)26)20-15-16(2)11-12-17(20)3/h9,11-12,15,19H,5-8,10,13-14H2,1-4H3,(H,22,24)/t19-/m0/s1. The monoisotopic (exact) mass is 392 g/mol. The van der Waals surface area contributed by atoms with Gasteiger partial charge in [0.1, 0.15) is 6.04 Å². The molecule has 0 bridgehead atoms. The van der Waals surface area contributed by atoms with Crippen molar-refractivity contribution in [3.8, 4) is 0 Å². The van der Waals surface area contributed by atoms with Gasteiger partial charge in [-0.05, 0) is 69.6 Å². The minimum Gasteiger partial charge on any atom is -0.354 e. The van der Waals surface area contributed by atoms with Crippen molar-refractivity contribution < 1.29 is 13.2 Å². The van der Waals surface area contributed by atoms with E-state index in [4.69, 9.17) is 0 Å². The number of amides is 1. The van der Waals surface area contributed by atoms with Crippen LogP contribution in [0.4, 0.5) is 5.69 Å². The van der Waals surface area contributed by atoms with E-state index in [2.05, 4.69) is 11.4 Å². The van der Waals surface area contributed by atoms with Crippen molar-refractivity contribution in [2.24, 2.45) is 0 Å². The Bertz CT molecular complexity index is 800. The number of hydrogen-bond acceptors (Lipinski definition) is 3. The van der Waals surface area contributed by atoms with Gasteiger partial charge in [-0.15, -0.1) is 0 Å². The number of nitrogens with zero attached hydrogens (tertiary/aromatic N) is 1. The maximum atomic E-state index is 12.8. The quantitative estimate of drug-likeness (QED) is 0.683. The van der Waals surface area contributed by atoms with Crippen LogP contribution in [0.25, 0.3) is 0 Å². The molecule has 6 heteroatoms. The number of carbonyl (C=O) groups excluding carboxylic acids is 1. The minimum absolute atomic E-state index is 0.236. The lowest BCUT2D eigenvalue weighted by molar-refractivity contribution is -0.122. The Morgan fingerprint density at radius 1 is 1.26 bits per heavy atom. The van der Waals surface area contributed by atoms with Crippen LogP contribution < -0.4 is 9.62 Å². The Morgan fingerprint density at radius 2 is 2.00 bits per heavy atom. The topological polar surface area (TPSA) is 66.5 Å². The molecule has 1 aliphatic carbocycles. The number of nitrogens with one attached hydrogen (secondary N) is 1. The minimum atomic E-state index is -3.60. The molecule has 0 saturated carbocycles. The van der Waals surface area contributed by atoms with E-state index in [0.29, 0.717) is 18.7 Å². The van der Waals surface area contributed by atoms with Gasteiger partial charge in [0.05, 0.1) is 11.9 Å². The number of anilines is 1. The average molecular weight is 393 g/mol. The van der Waals surface area contributed by atoms with E-state index in [1.165, 1.54) is 22.7 Å². The number of aryl methyl sites for hydroxylation is 2. The molecule has 1 aromatic carbocycles. The van der Waals surface area contributed by atoms with Gasteiger partial charge in [0.25, 0.3) is 0 Å². The second-order valence-corrected chi connectivity index (χ2v) is 9.28. The molecule has 1 N–H and O–H groups in total. The van der Waals surface area contributed by atoms with E-state index in [1.54, 1.807) is 0 Å². The zero-order valence-corrected chi connectivity index (χ0v) is 17.7. The van der Waals surface area contributed by atoms with Crippen LogP contribution in [0, 0.1) is 13.8 Å². The van der Waals surface area contributed by atoms with Gasteiger partial charge in [-0.3, -0.25) is 9.10 Å². The molecule has 0 fully saturated rings. The maximum Gasteiger partial charge on any atom is 0.243 e. The van der Waals surface area contributed by atoms with Crippen LogP contribution in [0.1, 0.15) is 56.6 Å². The first-order chi connectivity index (χ1) is 12.7. The maximum absolute atomic E-state index is 12.8. The second kappa shape index (κ2) is 9.40. The Balaban J connectivity index is 2.18. The molecule has 27 heavy (non-hydrogen) atoms. The van der Waals surface area contributed by atoms with Crippen molar-refractivity contribution in [1.82, 2.24) is 5.32 Å². The summed E-state index contributed by atoms with van der Waals surface area (Å²) in [7, 11) is -3.60. The summed E-state index contributed by atoms with van der Waals surface area (Å²) in [6, 6.07) is 4.92. The number of rotatable bonds is 8. The molecule has 0 saturated heterocycles. The number of allylic oxidation sites excluding steroid dienone is 1. The molecular weight excluding hydrogens is 360 g/mol. The Morgan fingerprint density at radius 3 is 2.59 bits per heavy atom. The third-order valence-electron chi connectivity index (χ3n) is 5.06. The van der Waals surface area contributed by atoms with Crippen LogP contribution in [0.15, 0.2) is 29.8 Å². The largest absolute Gasteiger partial charge is 0.354 e. The summed E-state index contributed by atoms with van der Waals surface area (Å²) in [5.74, 6) is -0.236. The molecule has 1 aromatic rings. The summed E-state index contributed by atoms with van der Waals surface area (Å²) in [6.45, 7) is 6.18. The molecule has 1 amide bonds. The summed E-state index contributed by atoms with van der Waals surface area (Å²) < 4.78 is 26.4. The molecule has 0 aliphatic heterocycles. The summed E-state index contributed by atoms with van der Waals surface area (Å²) in [5.41, 5.74) is 3.77. The molecule has 1 atom stereocenters. The first kappa shape index (κ1) is 21.5. The van der Waals surface area contributed by atoms with Crippen LogP contribution in [0.3, 0.4) is 0 Å². The highest BCUT2D eigenvalue weighted by molar-refractivity contribution is 7.92. The molecule has 0 unspecified atom stereocenters. The van der Waals surface area contributed by atoms with E-state index in [9.17, 15) is 13.2 Å². The number of hydrogen-bond donors (Lipinski definition) is 1. The molecule has 0 spiro atoms. The van der Waals surface area contributed by atoms with E-state index in [0.717, 1.165) is 36.6 Å². The van der Waals surface area contributed by atoms with E-state index >= 15 is 0 Å². The van der Waals surface area contributed by atoms with Crippen LogP contribution in [0.5, 0.6) is 0 Å². The summed E-state index contributed by atoms with van der Waals surface area (Å²) in [6.07, 6.45) is 9.36. The first-order valence-corrected chi connectivity index (χ1v) is 11.6.